The molecule has 0 spiro atoms. The summed E-state index contributed by atoms with van der Waals surface area (Å²) in [5, 5.41) is 2.72. The lowest BCUT2D eigenvalue weighted by atomic mass is 9.96. The van der Waals surface area contributed by atoms with Crippen molar-refractivity contribution >= 4 is 29.5 Å². The van der Waals surface area contributed by atoms with Crippen molar-refractivity contribution in [1.82, 2.24) is 4.98 Å². The summed E-state index contributed by atoms with van der Waals surface area (Å²) < 4.78 is 0. The van der Waals surface area contributed by atoms with E-state index in [1.807, 2.05) is 18.2 Å². The minimum atomic E-state index is 0.239. The minimum absolute atomic E-state index is 0.239. The number of carbonyl (C=O) groups is 1. The minimum Gasteiger partial charge on any atom is -0.313 e. The van der Waals surface area contributed by atoms with Crippen molar-refractivity contribution in [3.8, 4) is 0 Å². The van der Waals surface area contributed by atoms with Crippen LogP contribution in [0.2, 0.25) is 0 Å². The first-order valence-electron chi connectivity index (χ1n) is 8.37. The fraction of sp³-hybridized carbons (Fsp3) is 0.250. The first-order chi connectivity index (χ1) is 12.3. The molecule has 1 aliphatic heterocycles. The molecule has 0 saturated heterocycles. The van der Waals surface area contributed by atoms with Gasteiger partial charge in [-0.3, -0.25) is 9.79 Å². The molecule has 4 rings (SSSR count). The van der Waals surface area contributed by atoms with Crippen molar-refractivity contribution in [1.29, 1.82) is 0 Å². The number of halogens is 1. The number of aromatic nitrogens is 1. The van der Waals surface area contributed by atoms with Gasteiger partial charge in [-0.1, -0.05) is 18.2 Å². The van der Waals surface area contributed by atoms with Crippen LogP contribution in [0.25, 0.3) is 0 Å². The van der Waals surface area contributed by atoms with Gasteiger partial charge in [0, 0.05) is 12.1 Å². The lowest BCUT2D eigenvalue weighted by Gasteiger charge is -2.12. The van der Waals surface area contributed by atoms with Crippen molar-refractivity contribution in [2.45, 2.75) is 18.8 Å². The molecule has 4 nitrogen and oxygen atoms in total. The number of nitrogens with one attached hydrogen (secondary N) is 1. The number of amides is 1. The predicted octanol–water partition coefficient (Wildman–Crippen LogP) is 4.14. The molecule has 0 aromatic carbocycles. The zero-order valence-electron chi connectivity index (χ0n) is 13.7. The fourth-order valence-corrected chi connectivity index (χ4v) is 3.87. The van der Waals surface area contributed by atoms with Crippen LogP contribution in [0, 0.1) is 5.92 Å². The monoisotopic (exact) mass is 351 g/mol. The Kier molecular flexibility index (Phi) is 4.36. The molecule has 1 saturated carbocycles. The molecule has 3 aliphatic rings. The maximum atomic E-state index is 10.9. The van der Waals surface area contributed by atoms with Gasteiger partial charge in [0.1, 0.15) is 5.82 Å². The van der Waals surface area contributed by atoms with Gasteiger partial charge >= 0.3 is 0 Å². The third kappa shape index (κ3) is 3.22. The van der Waals surface area contributed by atoms with Crippen molar-refractivity contribution in [3.05, 3.63) is 71.1 Å². The van der Waals surface area contributed by atoms with Gasteiger partial charge in [0.25, 0.3) is 0 Å². The number of aliphatic imine (C=N–C) groups is 1. The van der Waals surface area contributed by atoms with E-state index in [1.165, 1.54) is 11.1 Å². The summed E-state index contributed by atoms with van der Waals surface area (Å²) in [6, 6.07) is 3.97. The average Bonchev–Trinajstić information content (AvgIpc) is 2.81. The van der Waals surface area contributed by atoms with E-state index in [1.54, 1.807) is 6.20 Å². The second kappa shape index (κ2) is 6.81. The van der Waals surface area contributed by atoms with E-state index < -0.39 is 0 Å². The quantitative estimate of drug-likeness (QED) is 0.654. The van der Waals surface area contributed by atoms with Crippen LogP contribution < -0.4 is 5.32 Å². The van der Waals surface area contributed by atoms with E-state index in [-0.39, 0.29) is 5.92 Å². The van der Waals surface area contributed by atoms with Crippen LogP contribution in [-0.4, -0.2) is 23.0 Å². The number of hydrogen-bond donors (Lipinski definition) is 1. The topological polar surface area (TPSA) is 54.4 Å². The standard InChI is InChI=1S/C20H18ClN3O/c21-11-17-4-3-13-6-14-8-16(9-15(14)10-18(7-13)24-17)19-2-1-5-22-20(19)23-12-25/h1-7,10,12-13,16H,8-9,11H2,(H,22,23,25). The molecular weight excluding hydrogens is 334 g/mol. The van der Waals surface area contributed by atoms with Gasteiger partial charge < -0.3 is 5.32 Å². The number of carbonyl (C=O) groups excluding carboxylic acids is 1. The molecule has 2 heterocycles. The van der Waals surface area contributed by atoms with E-state index in [4.69, 9.17) is 11.6 Å². The van der Waals surface area contributed by atoms with Crippen LogP contribution in [0.3, 0.4) is 0 Å². The third-order valence-corrected chi connectivity index (χ3v) is 5.09. The summed E-state index contributed by atoms with van der Waals surface area (Å²) in [5.41, 5.74) is 5.62. The fourth-order valence-electron chi connectivity index (χ4n) is 3.72. The first kappa shape index (κ1) is 16.0. The average molecular weight is 352 g/mol. The third-order valence-electron chi connectivity index (χ3n) is 4.82. The predicted molar refractivity (Wildman–Crippen MR) is 101 cm³/mol. The number of allylic oxidation sites excluding steroid dienone is 7. The number of rotatable bonds is 4. The molecule has 2 aliphatic carbocycles. The molecule has 1 N–H and O–H groups in total. The molecule has 2 unspecified atom stereocenters. The van der Waals surface area contributed by atoms with Crippen molar-refractivity contribution in [3.63, 3.8) is 0 Å². The molecule has 25 heavy (non-hydrogen) atoms. The van der Waals surface area contributed by atoms with Gasteiger partial charge in [-0.15, -0.1) is 11.6 Å². The molecule has 1 aromatic heterocycles. The van der Waals surface area contributed by atoms with E-state index >= 15 is 0 Å². The lowest BCUT2D eigenvalue weighted by Crippen LogP contribution is -2.04. The highest BCUT2D eigenvalue weighted by Gasteiger charge is 2.29. The zero-order chi connectivity index (χ0) is 17.2. The van der Waals surface area contributed by atoms with Crippen LogP contribution >= 0.6 is 11.6 Å². The molecule has 0 radical (unpaired) electrons. The Morgan fingerprint density at radius 2 is 2.16 bits per heavy atom. The molecule has 5 heteroatoms. The highest BCUT2D eigenvalue weighted by atomic mass is 35.5. The van der Waals surface area contributed by atoms with Crippen LogP contribution in [0.1, 0.15) is 24.3 Å². The normalized spacial score (nSPS) is 24.2. The Hall–Kier alpha value is -2.46. The molecule has 126 valence electrons. The van der Waals surface area contributed by atoms with E-state index in [0.29, 0.717) is 24.0 Å². The molecule has 2 atom stereocenters. The number of hydrogen-bond acceptors (Lipinski definition) is 3. The Morgan fingerprint density at radius 1 is 1.28 bits per heavy atom. The van der Waals surface area contributed by atoms with Gasteiger partial charge in [-0.05, 0) is 59.8 Å². The van der Waals surface area contributed by atoms with Crippen LogP contribution in [0.15, 0.2) is 70.5 Å². The lowest BCUT2D eigenvalue weighted by molar-refractivity contribution is -0.105. The van der Waals surface area contributed by atoms with Crippen molar-refractivity contribution in [2.24, 2.45) is 10.9 Å². The van der Waals surface area contributed by atoms with E-state index in [0.717, 1.165) is 29.8 Å². The number of anilines is 1. The van der Waals surface area contributed by atoms with Crippen molar-refractivity contribution < 1.29 is 4.79 Å². The largest absolute Gasteiger partial charge is 0.313 e. The number of fused-ring (bicyclic) bond motifs is 2. The summed E-state index contributed by atoms with van der Waals surface area (Å²) in [4.78, 5) is 19.8. The molecule has 1 aromatic rings. The van der Waals surface area contributed by atoms with Gasteiger partial charge in [-0.2, -0.15) is 0 Å². The maximum absolute atomic E-state index is 10.9. The van der Waals surface area contributed by atoms with Crippen LogP contribution in [-0.2, 0) is 4.79 Å². The Bertz CT molecular complexity index is 863. The number of nitrogens with zero attached hydrogens (tertiary/aromatic N) is 2. The Labute approximate surface area is 151 Å². The zero-order valence-corrected chi connectivity index (χ0v) is 14.4. The van der Waals surface area contributed by atoms with Crippen LogP contribution in [0.4, 0.5) is 5.82 Å². The Morgan fingerprint density at radius 3 is 3.00 bits per heavy atom. The van der Waals surface area contributed by atoms with Gasteiger partial charge in [-0.25, -0.2) is 4.98 Å². The summed E-state index contributed by atoms with van der Waals surface area (Å²) in [6.07, 6.45) is 15.1. The maximum Gasteiger partial charge on any atom is 0.212 e. The Balaban J connectivity index is 1.67. The van der Waals surface area contributed by atoms with Crippen LogP contribution in [0.5, 0.6) is 0 Å². The summed E-state index contributed by atoms with van der Waals surface area (Å²) in [5.74, 6) is 1.62. The SMILES string of the molecule is O=CNc1ncccc1C1CC2=CC3=CC(C=CC(CCl)=N3)C=C2C1. The second-order valence-electron chi connectivity index (χ2n) is 6.43. The second-order valence-corrected chi connectivity index (χ2v) is 6.70. The summed E-state index contributed by atoms with van der Waals surface area (Å²) in [7, 11) is 0. The molecule has 2 bridgehead atoms. The smallest absolute Gasteiger partial charge is 0.212 e. The van der Waals surface area contributed by atoms with E-state index in [9.17, 15) is 4.79 Å². The van der Waals surface area contributed by atoms with Gasteiger partial charge in [0.2, 0.25) is 6.41 Å². The number of alkyl halides is 1. The number of pyridine rings is 1. The van der Waals surface area contributed by atoms with Gasteiger partial charge in [0.15, 0.2) is 0 Å². The highest BCUT2D eigenvalue weighted by molar-refractivity contribution is 6.30. The van der Waals surface area contributed by atoms with Gasteiger partial charge in [0.05, 0.1) is 17.3 Å². The molecule has 1 amide bonds. The molecule has 1 fully saturated rings. The van der Waals surface area contributed by atoms with Crippen molar-refractivity contribution in [2.75, 3.05) is 11.2 Å². The van der Waals surface area contributed by atoms with E-state index in [2.05, 4.69) is 39.6 Å². The summed E-state index contributed by atoms with van der Waals surface area (Å²) >= 11 is 5.96. The molecular formula is C20H18ClN3O. The summed E-state index contributed by atoms with van der Waals surface area (Å²) in [6.45, 7) is 0. The first-order valence-corrected chi connectivity index (χ1v) is 8.90. The highest BCUT2D eigenvalue weighted by Crippen LogP contribution is 2.45.